The maximum absolute atomic E-state index is 3.37. The van der Waals surface area contributed by atoms with Gasteiger partial charge in [0.2, 0.25) is 0 Å². The van der Waals surface area contributed by atoms with E-state index in [1.807, 2.05) is 0 Å². The zero-order valence-corrected chi connectivity index (χ0v) is 13.8. The lowest BCUT2D eigenvalue weighted by molar-refractivity contribution is 0.513. The van der Waals surface area contributed by atoms with E-state index in [1.165, 1.54) is 82.7 Å². The molecule has 0 aromatic carbocycles. The van der Waals surface area contributed by atoms with E-state index in [9.17, 15) is 0 Å². The van der Waals surface area contributed by atoms with Crippen LogP contribution in [0.5, 0.6) is 0 Å². The molecule has 1 aromatic heterocycles. The number of H-pyrrole nitrogens is 1. The lowest BCUT2D eigenvalue weighted by Gasteiger charge is -2.13. The van der Waals surface area contributed by atoms with Crippen molar-refractivity contribution in [2.24, 2.45) is 0 Å². The largest absolute Gasteiger partial charge is 0.365 e. The summed E-state index contributed by atoms with van der Waals surface area (Å²) in [5.74, 6) is 0.749. The number of rotatable bonds is 13. The Hall–Kier alpha value is -0.720. The van der Waals surface area contributed by atoms with E-state index >= 15 is 0 Å². The average Bonchev–Trinajstić information content (AvgIpc) is 2.99. The Labute approximate surface area is 126 Å². The highest BCUT2D eigenvalue weighted by Crippen LogP contribution is 2.24. The molecule has 1 aromatic rings. The summed E-state index contributed by atoms with van der Waals surface area (Å²) in [4.78, 5) is 3.37. The van der Waals surface area contributed by atoms with Gasteiger partial charge in [0.05, 0.1) is 0 Å². The highest BCUT2D eigenvalue weighted by molar-refractivity contribution is 5.09. The molecule has 0 bridgehead atoms. The number of nitrogens with one attached hydrogen (secondary N) is 1. The number of aromatic nitrogens is 1. The molecule has 0 amide bonds. The zero-order valence-electron chi connectivity index (χ0n) is 13.8. The molecule has 1 atom stereocenters. The number of unbranched alkanes of at least 4 members (excludes halogenated alkanes) is 9. The normalized spacial score (nSPS) is 12.7. The van der Waals surface area contributed by atoms with Crippen LogP contribution in [0.4, 0.5) is 0 Å². The van der Waals surface area contributed by atoms with E-state index in [0.717, 1.165) is 5.92 Å². The van der Waals surface area contributed by atoms with Crippen molar-refractivity contribution >= 4 is 0 Å². The van der Waals surface area contributed by atoms with Crippen LogP contribution in [-0.4, -0.2) is 4.98 Å². The van der Waals surface area contributed by atoms with Gasteiger partial charge in [-0.2, -0.15) is 0 Å². The molecule has 20 heavy (non-hydrogen) atoms. The predicted molar refractivity (Wildman–Crippen MR) is 90.3 cm³/mol. The van der Waals surface area contributed by atoms with Gasteiger partial charge >= 0.3 is 0 Å². The third kappa shape index (κ3) is 7.77. The maximum Gasteiger partial charge on any atom is 0.0178 e. The van der Waals surface area contributed by atoms with Gasteiger partial charge in [-0.1, -0.05) is 78.1 Å². The first-order chi connectivity index (χ1) is 9.88. The topological polar surface area (TPSA) is 15.8 Å². The Balaban J connectivity index is 1.91. The standard InChI is InChI=1S/C19H35N/c1-3-5-6-7-8-9-10-11-12-13-15-18(4-2)19-16-14-17-20-19/h14,16-18,20H,3-13,15H2,1-2H3. The van der Waals surface area contributed by atoms with Crippen LogP contribution in [0.3, 0.4) is 0 Å². The third-order valence-corrected chi connectivity index (χ3v) is 4.46. The predicted octanol–water partition coefficient (Wildman–Crippen LogP) is 6.82. The van der Waals surface area contributed by atoms with Crippen LogP contribution in [0.1, 0.15) is 103 Å². The number of aromatic amines is 1. The molecule has 1 unspecified atom stereocenters. The molecule has 0 saturated heterocycles. The van der Waals surface area contributed by atoms with Crippen molar-refractivity contribution < 1.29 is 0 Å². The highest BCUT2D eigenvalue weighted by Gasteiger charge is 2.08. The minimum absolute atomic E-state index is 0.749. The minimum Gasteiger partial charge on any atom is -0.365 e. The quantitative estimate of drug-likeness (QED) is 0.381. The molecule has 0 radical (unpaired) electrons. The van der Waals surface area contributed by atoms with Gasteiger partial charge in [0, 0.05) is 11.9 Å². The lowest BCUT2D eigenvalue weighted by atomic mass is 9.95. The molecular formula is C19H35N. The molecule has 1 heteroatoms. The molecule has 0 saturated carbocycles. The van der Waals surface area contributed by atoms with Gasteiger partial charge in [-0.15, -0.1) is 0 Å². The zero-order chi connectivity index (χ0) is 14.5. The fourth-order valence-corrected chi connectivity index (χ4v) is 3.06. The fourth-order valence-electron chi connectivity index (χ4n) is 3.06. The molecule has 1 rings (SSSR count). The van der Waals surface area contributed by atoms with Crippen LogP contribution in [0.2, 0.25) is 0 Å². The Kier molecular flexibility index (Phi) is 10.4. The van der Waals surface area contributed by atoms with Gasteiger partial charge in [-0.3, -0.25) is 0 Å². The summed E-state index contributed by atoms with van der Waals surface area (Å²) in [5, 5.41) is 0. The SMILES string of the molecule is CCCCCCCCCCCCC(CC)c1ccc[nH]1. The molecule has 0 spiro atoms. The second kappa shape index (κ2) is 12.1. The first kappa shape index (κ1) is 17.3. The van der Waals surface area contributed by atoms with Gasteiger partial charge in [0.1, 0.15) is 0 Å². The Morgan fingerprint density at radius 1 is 0.850 bits per heavy atom. The van der Waals surface area contributed by atoms with Crippen molar-refractivity contribution in [3.8, 4) is 0 Å². The Morgan fingerprint density at radius 2 is 1.45 bits per heavy atom. The van der Waals surface area contributed by atoms with Gasteiger partial charge in [-0.25, -0.2) is 0 Å². The van der Waals surface area contributed by atoms with Crippen molar-refractivity contribution in [1.29, 1.82) is 0 Å². The lowest BCUT2D eigenvalue weighted by Crippen LogP contribution is -1.97. The summed E-state index contributed by atoms with van der Waals surface area (Å²) in [6.45, 7) is 4.60. The second-order valence-electron chi connectivity index (χ2n) is 6.20. The van der Waals surface area contributed by atoms with E-state index in [1.54, 1.807) is 0 Å². The van der Waals surface area contributed by atoms with Crippen LogP contribution < -0.4 is 0 Å². The van der Waals surface area contributed by atoms with Crippen molar-refractivity contribution in [1.82, 2.24) is 4.98 Å². The summed E-state index contributed by atoms with van der Waals surface area (Å²) in [7, 11) is 0. The van der Waals surface area contributed by atoms with Crippen LogP contribution >= 0.6 is 0 Å². The van der Waals surface area contributed by atoms with Crippen LogP contribution in [0.25, 0.3) is 0 Å². The summed E-state index contributed by atoms with van der Waals surface area (Å²) in [5.41, 5.74) is 1.43. The van der Waals surface area contributed by atoms with E-state index in [0.29, 0.717) is 0 Å². The third-order valence-electron chi connectivity index (χ3n) is 4.46. The first-order valence-electron chi connectivity index (χ1n) is 9.01. The smallest absolute Gasteiger partial charge is 0.0178 e. The highest BCUT2D eigenvalue weighted by atomic mass is 14.7. The molecule has 0 aliphatic heterocycles. The molecule has 1 N–H and O–H groups in total. The van der Waals surface area contributed by atoms with Gasteiger partial charge in [0.25, 0.3) is 0 Å². The molecule has 0 aliphatic carbocycles. The summed E-state index contributed by atoms with van der Waals surface area (Å²) in [6, 6.07) is 4.36. The summed E-state index contributed by atoms with van der Waals surface area (Å²) < 4.78 is 0. The molecular weight excluding hydrogens is 242 g/mol. The summed E-state index contributed by atoms with van der Waals surface area (Å²) >= 11 is 0. The van der Waals surface area contributed by atoms with Crippen molar-refractivity contribution in [2.45, 2.75) is 96.8 Å². The van der Waals surface area contributed by atoms with Crippen molar-refractivity contribution in [3.05, 3.63) is 24.0 Å². The van der Waals surface area contributed by atoms with Gasteiger partial charge < -0.3 is 4.98 Å². The minimum atomic E-state index is 0.749. The summed E-state index contributed by atoms with van der Waals surface area (Å²) in [6.07, 6.45) is 19.0. The van der Waals surface area contributed by atoms with Crippen LogP contribution in [0, 0.1) is 0 Å². The fraction of sp³-hybridized carbons (Fsp3) is 0.789. The van der Waals surface area contributed by atoms with Crippen LogP contribution in [0.15, 0.2) is 18.3 Å². The molecule has 0 fully saturated rings. The van der Waals surface area contributed by atoms with Crippen LogP contribution in [-0.2, 0) is 0 Å². The first-order valence-corrected chi connectivity index (χ1v) is 9.01. The van der Waals surface area contributed by atoms with Gasteiger partial charge in [0.15, 0.2) is 0 Å². The monoisotopic (exact) mass is 277 g/mol. The molecule has 0 aliphatic rings. The van der Waals surface area contributed by atoms with Crippen molar-refractivity contribution in [2.75, 3.05) is 0 Å². The van der Waals surface area contributed by atoms with E-state index in [-0.39, 0.29) is 0 Å². The second-order valence-corrected chi connectivity index (χ2v) is 6.20. The molecule has 116 valence electrons. The maximum atomic E-state index is 3.37. The molecule has 1 nitrogen and oxygen atoms in total. The molecule has 1 heterocycles. The Bertz CT molecular complexity index is 289. The van der Waals surface area contributed by atoms with E-state index in [4.69, 9.17) is 0 Å². The van der Waals surface area contributed by atoms with E-state index < -0.39 is 0 Å². The number of hydrogen-bond acceptors (Lipinski definition) is 0. The number of hydrogen-bond donors (Lipinski definition) is 1. The van der Waals surface area contributed by atoms with Gasteiger partial charge in [-0.05, 0) is 30.9 Å². The van der Waals surface area contributed by atoms with Crippen molar-refractivity contribution in [3.63, 3.8) is 0 Å². The van der Waals surface area contributed by atoms with E-state index in [2.05, 4.69) is 37.2 Å². The Morgan fingerprint density at radius 3 is 1.95 bits per heavy atom. The average molecular weight is 277 g/mol.